The van der Waals surface area contributed by atoms with Crippen LogP contribution in [0.1, 0.15) is 0 Å². The summed E-state index contributed by atoms with van der Waals surface area (Å²) in [5, 5.41) is 10.6. The molecule has 1 aromatic heterocycles. The van der Waals surface area contributed by atoms with Gasteiger partial charge >= 0.3 is 6.09 Å². The zero-order valence-corrected chi connectivity index (χ0v) is 7.19. The van der Waals surface area contributed by atoms with Gasteiger partial charge in [0.25, 0.3) is 0 Å². The number of amides is 1. The zero-order chi connectivity index (χ0) is 9.97. The Balaban J connectivity index is 2.24. The van der Waals surface area contributed by atoms with Gasteiger partial charge in [-0.05, 0) is 0 Å². The Bertz CT molecular complexity index is 366. The first-order chi connectivity index (χ1) is 6.75. The monoisotopic (exact) mass is 196 g/mol. The number of carbonyl (C=O) groups is 1. The zero-order valence-electron chi connectivity index (χ0n) is 7.19. The minimum atomic E-state index is -1.16. The van der Waals surface area contributed by atoms with Crippen molar-refractivity contribution >= 4 is 11.9 Å². The van der Waals surface area contributed by atoms with Gasteiger partial charge in [-0.2, -0.15) is 0 Å². The average Bonchev–Trinajstić information content (AvgIpc) is 2.17. The van der Waals surface area contributed by atoms with Crippen LogP contribution in [0.2, 0.25) is 0 Å². The van der Waals surface area contributed by atoms with Gasteiger partial charge < -0.3 is 14.6 Å². The number of pyridine rings is 1. The molecule has 1 aliphatic heterocycles. The quantitative estimate of drug-likeness (QED) is 0.698. The predicted molar refractivity (Wildman–Crippen MR) is 46.9 cm³/mol. The summed E-state index contributed by atoms with van der Waals surface area (Å²) in [6.07, 6.45) is 0.272. The molecule has 2 N–H and O–H groups in total. The van der Waals surface area contributed by atoms with Gasteiger partial charge in [0.1, 0.15) is 19.0 Å². The molecule has 1 aliphatic rings. The van der Waals surface area contributed by atoms with Crippen molar-refractivity contribution in [3.63, 3.8) is 0 Å². The number of anilines is 1. The number of nitrogens with zero attached hydrogens (tertiary/aromatic N) is 1. The second kappa shape index (κ2) is 3.41. The lowest BCUT2D eigenvalue weighted by Gasteiger charge is -2.17. The Morgan fingerprint density at radius 3 is 2.86 bits per heavy atom. The van der Waals surface area contributed by atoms with Gasteiger partial charge in [-0.3, -0.25) is 5.32 Å². The summed E-state index contributed by atoms with van der Waals surface area (Å²) in [6.45, 7) is 0.948. The predicted octanol–water partition coefficient (Wildman–Crippen LogP) is 0.943. The van der Waals surface area contributed by atoms with Crippen LogP contribution >= 0.6 is 0 Å². The van der Waals surface area contributed by atoms with Crippen molar-refractivity contribution in [2.45, 2.75) is 0 Å². The van der Waals surface area contributed by atoms with Gasteiger partial charge in [0.2, 0.25) is 0 Å². The number of hydrogen-bond donors (Lipinski definition) is 2. The van der Waals surface area contributed by atoms with E-state index in [1.165, 1.54) is 12.3 Å². The maximum atomic E-state index is 10.3. The van der Waals surface area contributed by atoms with Crippen molar-refractivity contribution < 1.29 is 19.4 Å². The fourth-order valence-corrected chi connectivity index (χ4v) is 1.13. The number of carboxylic acid groups (broad SMARTS) is 1. The topological polar surface area (TPSA) is 80.7 Å². The highest BCUT2D eigenvalue weighted by atomic mass is 16.6. The normalized spacial score (nSPS) is 13.4. The van der Waals surface area contributed by atoms with Crippen LogP contribution in [-0.2, 0) is 0 Å². The summed E-state index contributed by atoms with van der Waals surface area (Å²) in [5.74, 6) is 1.27. The third kappa shape index (κ3) is 1.68. The number of aromatic nitrogens is 1. The van der Waals surface area contributed by atoms with Crippen molar-refractivity contribution in [3.8, 4) is 11.5 Å². The molecule has 74 valence electrons. The maximum absolute atomic E-state index is 10.3. The largest absolute Gasteiger partial charge is 0.486 e. The fourth-order valence-electron chi connectivity index (χ4n) is 1.13. The number of hydrogen-bond acceptors (Lipinski definition) is 4. The van der Waals surface area contributed by atoms with Gasteiger partial charge in [0.05, 0.1) is 6.20 Å². The van der Waals surface area contributed by atoms with Crippen LogP contribution < -0.4 is 14.8 Å². The summed E-state index contributed by atoms with van der Waals surface area (Å²) in [5.41, 5.74) is 0. The molecule has 1 amide bonds. The molecular formula is C8H8N2O4. The van der Waals surface area contributed by atoms with E-state index in [-0.39, 0.29) is 5.82 Å². The molecule has 0 fully saturated rings. The summed E-state index contributed by atoms with van der Waals surface area (Å²) in [6, 6.07) is 1.49. The number of ether oxygens (including phenoxy) is 2. The minimum Gasteiger partial charge on any atom is -0.486 e. The number of rotatable bonds is 1. The average molecular weight is 196 g/mol. The molecule has 14 heavy (non-hydrogen) atoms. The van der Waals surface area contributed by atoms with Crippen LogP contribution in [0.25, 0.3) is 0 Å². The minimum absolute atomic E-state index is 0.224. The van der Waals surface area contributed by atoms with Crippen molar-refractivity contribution in [2.24, 2.45) is 0 Å². The molecule has 0 saturated carbocycles. The molecule has 0 aliphatic carbocycles. The van der Waals surface area contributed by atoms with Gasteiger partial charge in [-0.25, -0.2) is 9.78 Å². The SMILES string of the molecule is O=C(O)Nc1cc2c(cn1)OCCO2. The van der Waals surface area contributed by atoms with Crippen LogP contribution in [0.4, 0.5) is 10.6 Å². The highest BCUT2D eigenvalue weighted by Crippen LogP contribution is 2.30. The fraction of sp³-hybridized carbons (Fsp3) is 0.250. The van der Waals surface area contributed by atoms with E-state index in [2.05, 4.69) is 10.3 Å². The van der Waals surface area contributed by atoms with E-state index in [1.54, 1.807) is 0 Å². The summed E-state index contributed by atoms with van der Waals surface area (Å²) < 4.78 is 10.5. The van der Waals surface area contributed by atoms with Gasteiger partial charge in [-0.15, -0.1) is 0 Å². The maximum Gasteiger partial charge on any atom is 0.410 e. The highest BCUT2D eigenvalue weighted by Gasteiger charge is 2.13. The number of fused-ring (bicyclic) bond motifs is 1. The third-order valence-corrected chi connectivity index (χ3v) is 1.67. The molecule has 0 unspecified atom stereocenters. The molecule has 2 rings (SSSR count). The molecule has 6 nitrogen and oxygen atoms in total. The lowest BCUT2D eigenvalue weighted by Crippen LogP contribution is -2.16. The lowest BCUT2D eigenvalue weighted by atomic mass is 10.3. The molecule has 0 bridgehead atoms. The van der Waals surface area contributed by atoms with Crippen molar-refractivity contribution in [1.29, 1.82) is 0 Å². The van der Waals surface area contributed by atoms with E-state index in [0.717, 1.165) is 0 Å². The molecule has 0 radical (unpaired) electrons. The molecule has 0 aromatic carbocycles. The second-order valence-corrected chi connectivity index (χ2v) is 2.64. The van der Waals surface area contributed by atoms with E-state index in [0.29, 0.717) is 24.7 Å². The van der Waals surface area contributed by atoms with Gasteiger partial charge in [0, 0.05) is 6.07 Å². The van der Waals surface area contributed by atoms with E-state index in [9.17, 15) is 4.79 Å². The molecule has 0 spiro atoms. The van der Waals surface area contributed by atoms with Gasteiger partial charge in [-0.1, -0.05) is 0 Å². The van der Waals surface area contributed by atoms with Crippen molar-refractivity contribution in [1.82, 2.24) is 4.98 Å². The van der Waals surface area contributed by atoms with Crippen molar-refractivity contribution in [3.05, 3.63) is 12.3 Å². The summed E-state index contributed by atoms with van der Waals surface area (Å²) >= 11 is 0. The van der Waals surface area contributed by atoms with Crippen LogP contribution in [0.3, 0.4) is 0 Å². The Morgan fingerprint density at radius 1 is 1.43 bits per heavy atom. The Hall–Kier alpha value is -1.98. The molecular weight excluding hydrogens is 188 g/mol. The van der Waals surface area contributed by atoms with E-state index in [1.807, 2.05) is 0 Å². The van der Waals surface area contributed by atoms with E-state index >= 15 is 0 Å². The molecule has 0 saturated heterocycles. The standard InChI is InChI=1S/C8H8N2O4/c11-8(12)10-7-3-5-6(4-9-7)14-2-1-13-5/h3-4H,1-2H2,(H,9,10)(H,11,12). The Kier molecular flexibility index (Phi) is 2.10. The summed E-state index contributed by atoms with van der Waals surface area (Å²) in [7, 11) is 0. The first-order valence-corrected chi connectivity index (χ1v) is 4.01. The smallest absolute Gasteiger partial charge is 0.410 e. The van der Waals surface area contributed by atoms with Crippen LogP contribution in [0, 0.1) is 0 Å². The highest BCUT2D eigenvalue weighted by molar-refractivity contribution is 5.81. The summed E-state index contributed by atoms with van der Waals surface area (Å²) in [4.78, 5) is 14.1. The second-order valence-electron chi connectivity index (χ2n) is 2.64. The Labute approximate surface area is 79.5 Å². The van der Waals surface area contributed by atoms with Crippen LogP contribution in [0.5, 0.6) is 11.5 Å². The number of nitrogens with one attached hydrogen (secondary N) is 1. The van der Waals surface area contributed by atoms with Crippen molar-refractivity contribution in [2.75, 3.05) is 18.5 Å². The molecule has 6 heteroatoms. The Morgan fingerprint density at radius 2 is 2.14 bits per heavy atom. The van der Waals surface area contributed by atoms with E-state index < -0.39 is 6.09 Å². The molecule has 1 aromatic rings. The van der Waals surface area contributed by atoms with Crippen LogP contribution in [0.15, 0.2) is 12.3 Å². The first-order valence-electron chi connectivity index (χ1n) is 4.01. The van der Waals surface area contributed by atoms with E-state index in [4.69, 9.17) is 14.6 Å². The third-order valence-electron chi connectivity index (χ3n) is 1.67. The molecule has 2 heterocycles. The lowest BCUT2D eigenvalue weighted by molar-refractivity contribution is 0.171. The first kappa shape index (κ1) is 8.61. The van der Waals surface area contributed by atoms with Crippen LogP contribution in [-0.4, -0.2) is 29.4 Å². The van der Waals surface area contributed by atoms with Gasteiger partial charge in [0.15, 0.2) is 11.5 Å². The molecule has 0 atom stereocenters.